The predicted octanol–water partition coefficient (Wildman–Crippen LogP) is 0.740. The highest BCUT2D eigenvalue weighted by atomic mass is 16.1. The Morgan fingerprint density at radius 3 is 2.57 bits per heavy atom. The molecule has 0 radical (unpaired) electrons. The van der Waals surface area contributed by atoms with Crippen molar-refractivity contribution in [3.63, 3.8) is 0 Å². The summed E-state index contributed by atoms with van der Waals surface area (Å²) in [6.45, 7) is 0. The van der Waals surface area contributed by atoms with E-state index in [0.717, 1.165) is 5.56 Å². The standard InChI is InChI=1S/C10H13N3O/c11-8-5-4-7(6-9(8)12)2-1-3-10(13)14/h1-2,4-6H,3,11-12H2,(H2,13,14). The van der Waals surface area contributed by atoms with Crippen LogP contribution >= 0.6 is 0 Å². The maximum atomic E-state index is 10.4. The van der Waals surface area contributed by atoms with Gasteiger partial charge in [-0.05, 0) is 17.7 Å². The van der Waals surface area contributed by atoms with E-state index in [9.17, 15) is 4.79 Å². The summed E-state index contributed by atoms with van der Waals surface area (Å²) in [6, 6.07) is 5.29. The first kappa shape index (κ1) is 10.1. The fraction of sp³-hybridized carbons (Fsp3) is 0.100. The molecule has 0 atom stereocenters. The smallest absolute Gasteiger partial charge is 0.221 e. The predicted molar refractivity (Wildman–Crippen MR) is 58.1 cm³/mol. The molecule has 4 nitrogen and oxygen atoms in total. The molecule has 1 amide bonds. The number of carbonyl (C=O) groups is 1. The van der Waals surface area contributed by atoms with Crippen molar-refractivity contribution in [2.45, 2.75) is 6.42 Å². The molecule has 1 aromatic carbocycles. The highest BCUT2D eigenvalue weighted by molar-refractivity contribution is 5.77. The summed E-state index contributed by atoms with van der Waals surface area (Å²) in [5, 5.41) is 0. The number of nitrogens with two attached hydrogens (primary N) is 3. The van der Waals surface area contributed by atoms with Gasteiger partial charge >= 0.3 is 0 Å². The third kappa shape index (κ3) is 2.82. The van der Waals surface area contributed by atoms with Crippen molar-refractivity contribution in [2.75, 3.05) is 11.5 Å². The zero-order valence-corrected chi connectivity index (χ0v) is 7.73. The lowest BCUT2D eigenvalue weighted by Gasteiger charge is -2.00. The molecule has 6 N–H and O–H groups in total. The summed E-state index contributed by atoms with van der Waals surface area (Å²) in [5.41, 5.74) is 18.1. The summed E-state index contributed by atoms with van der Waals surface area (Å²) in [6.07, 6.45) is 3.69. The van der Waals surface area contributed by atoms with Gasteiger partial charge in [0.25, 0.3) is 0 Å². The van der Waals surface area contributed by atoms with E-state index < -0.39 is 0 Å². The maximum Gasteiger partial charge on any atom is 0.221 e. The van der Waals surface area contributed by atoms with Gasteiger partial charge in [-0.3, -0.25) is 4.79 Å². The Labute approximate surface area is 82.4 Å². The Kier molecular flexibility index (Phi) is 3.12. The number of primary amides is 1. The van der Waals surface area contributed by atoms with E-state index in [-0.39, 0.29) is 12.3 Å². The van der Waals surface area contributed by atoms with Crippen LogP contribution in [-0.2, 0) is 4.79 Å². The second-order valence-corrected chi connectivity index (χ2v) is 2.96. The van der Waals surface area contributed by atoms with Gasteiger partial charge < -0.3 is 17.2 Å². The molecule has 14 heavy (non-hydrogen) atoms. The summed E-state index contributed by atoms with van der Waals surface area (Å²) in [7, 11) is 0. The van der Waals surface area contributed by atoms with E-state index in [0.29, 0.717) is 11.4 Å². The van der Waals surface area contributed by atoms with Gasteiger partial charge in [0.2, 0.25) is 5.91 Å². The molecular formula is C10H13N3O. The fourth-order valence-corrected chi connectivity index (χ4v) is 1.01. The van der Waals surface area contributed by atoms with Crippen LogP contribution in [0.5, 0.6) is 0 Å². The molecule has 0 heterocycles. The first-order valence-corrected chi connectivity index (χ1v) is 4.19. The van der Waals surface area contributed by atoms with E-state index in [1.54, 1.807) is 24.3 Å². The fourth-order valence-electron chi connectivity index (χ4n) is 1.01. The minimum Gasteiger partial charge on any atom is -0.397 e. The number of hydrogen-bond donors (Lipinski definition) is 3. The van der Waals surface area contributed by atoms with Crippen LogP contribution in [0.15, 0.2) is 24.3 Å². The number of hydrogen-bond acceptors (Lipinski definition) is 3. The van der Waals surface area contributed by atoms with Gasteiger partial charge in [-0.15, -0.1) is 0 Å². The van der Waals surface area contributed by atoms with Crippen molar-refractivity contribution < 1.29 is 4.79 Å². The van der Waals surface area contributed by atoms with E-state index >= 15 is 0 Å². The van der Waals surface area contributed by atoms with Crippen LogP contribution in [0.25, 0.3) is 6.08 Å². The van der Waals surface area contributed by atoms with Gasteiger partial charge in [0.05, 0.1) is 11.4 Å². The number of carbonyl (C=O) groups excluding carboxylic acids is 1. The molecule has 0 aliphatic carbocycles. The van der Waals surface area contributed by atoms with Crippen LogP contribution in [0.1, 0.15) is 12.0 Å². The molecule has 0 fully saturated rings. The van der Waals surface area contributed by atoms with Gasteiger partial charge in [-0.2, -0.15) is 0 Å². The number of amides is 1. The molecule has 0 aliphatic heterocycles. The van der Waals surface area contributed by atoms with Crippen LogP contribution in [0.3, 0.4) is 0 Å². The zero-order valence-electron chi connectivity index (χ0n) is 7.73. The third-order valence-electron chi connectivity index (χ3n) is 1.74. The first-order chi connectivity index (χ1) is 6.59. The van der Waals surface area contributed by atoms with E-state index in [1.807, 2.05) is 6.07 Å². The van der Waals surface area contributed by atoms with Crippen molar-refractivity contribution in [3.8, 4) is 0 Å². The van der Waals surface area contributed by atoms with E-state index in [4.69, 9.17) is 17.2 Å². The van der Waals surface area contributed by atoms with Gasteiger partial charge in [0, 0.05) is 6.42 Å². The SMILES string of the molecule is NC(=O)CC=Cc1ccc(N)c(N)c1. The van der Waals surface area contributed by atoms with Crippen molar-refractivity contribution in [3.05, 3.63) is 29.8 Å². The number of rotatable bonds is 3. The van der Waals surface area contributed by atoms with Crippen LogP contribution in [0.2, 0.25) is 0 Å². The lowest BCUT2D eigenvalue weighted by molar-refractivity contribution is -0.117. The summed E-state index contributed by atoms with van der Waals surface area (Å²) >= 11 is 0. The molecule has 0 aromatic heterocycles. The molecule has 74 valence electrons. The molecule has 0 aliphatic rings. The van der Waals surface area contributed by atoms with Crippen molar-refractivity contribution in [1.82, 2.24) is 0 Å². The van der Waals surface area contributed by atoms with Crippen LogP contribution in [-0.4, -0.2) is 5.91 Å². The largest absolute Gasteiger partial charge is 0.397 e. The van der Waals surface area contributed by atoms with Gasteiger partial charge in [-0.1, -0.05) is 18.2 Å². The van der Waals surface area contributed by atoms with Crippen LogP contribution in [0, 0.1) is 0 Å². The molecule has 0 bridgehead atoms. The molecule has 1 aromatic rings. The Hall–Kier alpha value is -1.97. The average molecular weight is 191 g/mol. The molecular weight excluding hydrogens is 178 g/mol. The molecule has 1 rings (SSSR count). The van der Waals surface area contributed by atoms with Gasteiger partial charge in [-0.25, -0.2) is 0 Å². The van der Waals surface area contributed by atoms with Crippen LogP contribution in [0.4, 0.5) is 11.4 Å². The van der Waals surface area contributed by atoms with E-state index in [1.165, 1.54) is 0 Å². The summed E-state index contributed by atoms with van der Waals surface area (Å²) in [5.74, 6) is -0.357. The zero-order chi connectivity index (χ0) is 10.6. The Balaban J connectivity index is 2.73. The summed E-state index contributed by atoms with van der Waals surface area (Å²) in [4.78, 5) is 10.4. The van der Waals surface area contributed by atoms with Crippen molar-refractivity contribution in [2.24, 2.45) is 5.73 Å². The normalized spacial score (nSPS) is 10.6. The Bertz CT molecular complexity index is 372. The second-order valence-electron chi connectivity index (χ2n) is 2.96. The lowest BCUT2D eigenvalue weighted by Crippen LogP contribution is -2.07. The molecule has 0 saturated heterocycles. The van der Waals surface area contributed by atoms with Crippen molar-refractivity contribution >= 4 is 23.4 Å². The molecule has 4 heteroatoms. The molecule has 0 spiro atoms. The minimum atomic E-state index is -0.357. The maximum absolute atomic E-state index is 10.4. The lowest BCUT2D eigenvalue weighted by atomic mass is 10.1. The second kappa shape index (κ2) is 4.32. The van der Waals surface area contributed by atoms with Gasteiger partial charge in [0.1, 0.15) is 0 Å². The highest BCUT2D eigenvalue weighted by Crippen LogP contribution is 2.16. The monoisotopic (exact) mass is 191 g/mol. The third-order valence-corrected chi connectivity index (χ3v) is 1.74. The Morgan fingerprint density at radius 1 is 1.29 bits per heavy atom. The highest BCUT2D eigenvalue weighted by Gasteiger charge is 1.94. The number of anilines is 2. The minimum absolute atomic E-state index is 0.226. The Morgan fingerprint density at radius 2 is 2.00 bits per heavy atom. The topological polar surface area (TPSA) is 95.1 Å². The quantitative estimate of drug-likeness (QED) is 0.615. The molecule has 0 saturated carbocycles. The first-order valence-electron chi connectivity index (χ1n) is 4.19. The number of benzene rings is 1. The van der Waals surface area contributed by atoms with Gasteiger partial charge in [0.15, 0.2) is 0 Å². The van der Waals surface area contributed by atoms with Crippen LogP contribution < -0.4 is 17.2 Å². The molecule has 0 unspecified atom stereocenters. The van der Waals surface area contributed by atoms with E-state index in [2.05, 4.69) is 0 Å². The summed E-state index contributed by atoms with van der Waals surface area (Å²) < 4.78 is 0. The number of nitrogen functional groups attached to an aromatic ring is 2. The average Bonchev–Trinajstić information content (AvgIpc) is 2.10. The van der Waals surface area contributed by atoms with Crippen molar-refractivity contribution in [1.29, 1.82) is 0 Å².